The second kappa shape index (κ2) is 7.83. The monoisotopic (exact) mass is 254 g/mol. The number of nitrogens with one attached hydrogen (secondary N) is 1. The molecule has 0 aliphatic carbocycles. The molecule has 1 N–H and O–H groups in total. The molecular weight excluding hydrogens is 228 g/mol. The molecule has 1 aromatic rings. The number of aryl methyl sites for hydroxylation is 1. The van der Waals surface area contributed by atoms with E-state index in [1.807, 2.05) is 11.3 Å². The molecule has 17 heavy (non-hydrogen) atoms. The molecule has 2 nitrogen and oxygen atoms in total. The Hall–Kier alpha value is -0.410. The van der Waals surface area contributed by atoms with E-state index in [4.69, 9.17) is 4.98 Å². The molecular formula is C14H26N2S. The molecule has 0 aromatic carbocycles. The van der Waals surface area contributed by atoms with Crippen molar-refractivity contribution in [1.29, 1.82) is 0 Å². The predicted octanol–water partition coefficient (Wildman–Crippen LogP) is 4.11. The van der Waals surface area contributed by atoms with Gasteiger partial charge in [-0.25, -0.2) is 4.98 Å². The molecule has 0 atom stereocenters. The minimum absolute atomic E-state index is 0.658. The van der Waals surface area contributed by atoms with E-state index in [0.717, 1.165) is 19.5 Å². The van der Waals surface area contributed by atoms with Crippen LogP contribution >= 0.6 is 11.3 Å². The largest absolute Gasteiger partial charge is 0.312 e. The third-order valence-electron chi connectivity index (χ3n) is 3.18. The standard InChI is InChI=1S/C14H26N2S/c1-5-9-15-10-13-12(8-4)16-14(17-13)11(6-2)7-3/h11,15H,5-10H2,1-4H3. The molecule has 0 amide bonds. The number of hydrogen-bond acceptors (Lipinski definition) is 3. The number of aromatic nitrogens is 1. The highest BCUT2D eigenvalue weighted by molar-refractivity contribution is 7.11. The molecule has 3 heteroatoms. The summed E-state index contributed by atoms with van der Waals surface area (Å²) in [6.07, 6.45) is 4.66. The van der Waals surface area contributed by atoms with Crippen LogP contribution in [0.25, 0.3) is 0 Å². The molecule has 0 radical (unpaired) electrons. The van der Waals surface area contributed by atoms with Crippen LogP contribution in [0.2, 0.25) is 0 Å². The van der Waals surface area contributed by atoms with Gasteiger partial charge in [0.2, 0.25) is 0 Å². The van der Waals surface area contributed by atoms with Gasteiger partial charge in [-0.05, 0) is 32.2 Å². The minimum atomic E-state index is 0.658. The Morgan fingerprint density at radius 1 is 1.18 bits per heavy atom. The van der Waals surface area contributed by atoms with Gasteiger partial charge >= 0.3 is 0 Å². The molecule has 98 valence electrons. The number of thiazole rings is 1. The maximum absolute atomic E-state index is 4.83. The third kappa shape index (κ3) is 4.07. The molecule has 0 bridgehead atoms. The van der Waals surface area contributed by atoms with E-state index < -0.39 is 0 Å². The van der Waals surface area contributed by atoms with E-state index in [1.54, 1.807) is 0 Å². The van der Waals surface area contributed by atoms with E-state index >= 15 is 0 Å². The lowest BCUT2D eigenvalue weighted by molar-refractivity contribution is 0.634. The smallest absolute Gasteiger partial charge is 0.0962 e. The van der Waals surface area contributed by atoms with E-state index in [1.165, 1.54) is 34.8 Å². The van der Waals surface area contributed by atoms with Crippen molar-refractivity contribution < 1.29 is 0 Å². The zero-order chi connectivity index (χ0) is 12.7. The molecule has 1 rings (SSSR count). The molecule has 0 fully saturated rings. The maximum atomic E-state index is 4.83. The first kappa shape index (κ1) is 14.7. The quantitative estimate of drug-likeness (QED) is 0.706. The second-order valence-corrected chi connectivity index (χ2v) is 5.58. The number of nitrogens with zero attached hydrogens (tertiary/aromatic N) is 1. The van der Waals surface area contributed by atoms with Gasteiger partial charge in [0, 0.05) is 17.3 Å². The number of rotatable bonds is 8. The summed E-state index contributed by atoms with van der Waals surface area (Å²) in [5.74, 6) is 0.658. The molecule has 0 spiro atoms. The zero-order valence-electron chi connectivity index (χ0n) is 11.7. The molecule has 1 aromatic heterocycles. The van der Waals surface area contributed by atoms with Crippen molar-refractivity contribution >= 4 is 11.3 Å². The fourth-order valence-corrected chi connectivity index (χ4v) is 3.40. The molecule has 0 saturated carbocycles. The van der Waals surface area contributed by atoms with E-state index in [9.17, 15) is 0 Å². The van der Waals surface area contributed by atoms with Gasteiger partial charge in [-0.2, -0.15) is 0 Å². The Bertz CT molecular complexity index is 316. The first-order valence-corrected chi connectivity index (χ1v) is 7.77. The van der Waals surface area contributed by atoms with Crippen LogP contribution in [0.1, 0.15) is 68.5 Å². The predicted molar refractivity (Wildman–Crippen MR) is 76.8 cm³/mol. The first-order valence-electron chi connectivity index (χ1n) is 6.95. The Morgan fingerprint density at radius 3 is 2.41 bits per heavy atom. The van der Waals surface area contributed by atoms with Crippen molar-refractivity contribution in [2.24, 2.45) is 0 Å². The van der Waals surface area contributed by atoms with Crippen LogP contribution < -0.4 is 5.32 Å². The Labute approximate surface area is 110 Å². The highest BCUT2D eigenvalue weighted by Crippen LogP contribution is 2.29. The molecule has 0 aliphatic heterocycles. The molecule has 0 unspecified atom stereocenters. The summed E-state index contributed by atoms with van der Waals surface area (Å²) in [6.45, 7) is 11.0. The SMILES string of the molecule is CCCNCc1sc(C(CC)CC)nc1CC. The van der Waals surface area contributed by atoms with E-state index in [0.29, 0.717) is 5.92 Å². The minimum Gasteiger partial charge on any atom is -0.312 e. The van der Waals surface area contributed by atoms with E-state index in [2.05, 4.69) is 33.0 Å². The summed E-state index contributed by atoms with van der Waals surface area (Å²) in [7, 11) is 0. The average Bonchev–Trinajstić information content (AvgIpc) is 2.74. The topological polar surface area (TPSA) is 24.9 Å². The van der Waals surface area contributed by atoms with Gasteiger partial charge in [-0.3, -0.25) is 0 Å². The van der Waals surface area contributed by atoms with Crippen LogP contribution in [-0.4, -0.2) is 11.5 Å². The van der Waals surface area contributed by atoms with Crippen molar-refractivity contribution in [2.45, 2.75) is 65.8 Å². The van der Waals surface area contributed by atoms with Crippen LogP contribution in [0.3, 0.4) is 0 Å². The van der Waals surface area contributed by atoms with Gasteiger partial charge in [0.25, 0.3) is 0 Å². The number of hydrogen-bond donors (Lipinski definition) is 1. The second-order valence-electron chi connectivity index (χ2n) is 4.47. The van der Waals surface area contributed by atoms with Crippen molar-refractivity contribution in [1.82, 2.24) is 10.3 Å². The molecule has 1 heterocycles. The van der Waals surface area contributed by atoms with Gasteiger partial charge in [-0.1, -0.05) is 27.7 Å². The summed E-state index contributed by atoms with van der Waals surface area (Å²) >= 11 is 1.92. The highest BCUT2D eigenvalue weighted by atomic mass is 32.1. The normalized spacial score (nSPS) is 11.4. The fraction of sp³-hybridized carbons (Fsp3) is 0.786. The summed E-state index contributed by atoms with van der Waals surface area (Å²) in [6, 6.07) is 0. The van der Waals surface area contributed by atoms with Crippen LogP contribution in [0.5, 0.6) is 0 Å². The van der Waals surface area contributed by atoms with Crippen LogP contribution in [-0.2, 0) is 13.0 Å². The van der Waals surface area contributed by atoms with E-state index in [-0.39, 0.29) is 0 Å². The molecule has 0 aliphatic rings. The average molecular weight is 254 g/mol. The van der Waals surface area contributed by atoms with Gasteiger partial charge in [0.1, 0.15) is 0 Å². The van der Waals surface area contributed by atoms with Gasteiger partial charge in [0.15, 0.2) is 0 Å². The zero-order valence-corrected chi connectivity index (χ0v) is 12.5. The van der Waals surface area contributed by atoms with Crippen molar-refractivity contribution in [2.75, 3.05) is 6.54 Å². The Kier molecular flexibility index (Phi) is 6.75. The third-order valence-corrected chi connectivity index (χ3v) is 4.44. The first-order chi connectivity index (χ1) is 8.26. The van der Waals surface area contributed by atoms with Crippen molar-refractivity contribution in [3.8, 4) is 0 Å². The Balaban J connectivity index is 2.75. The lowest BCUT2D eigenvalue weighted by Crippen LogP contribution is -2.13. The van der Waals surface area contributed by atoms with Crippen molar-refractivity contribution in [3.63, 3.8) is 0 Å². The fourth-order valence-electron chi connectivity index (χ4n) is 2.01. The summed E-state index contributed by atoms with van der Waals surface area (Å²) < 4.78 is 0. The van der Waals surface area contributed by atoms with Crippen LogP contribution in [0.4, 0.5) is 0 Å². The maximum Gasteiger partial charge on any atom is 0.0962 e. The van der Waals surface area contributed by atoms with Crippen molar-refractivity contribution in [3.05, 3.63) is 15.6 Å². The lowest BCUT2D eigenvalue weighted by atomic mass is 10.1. The van der Waals surface area contributed by atoms with Gasteiger partial charge in [-0.15, -0.1) is 11.3 Å². The van der Waals surface area contributed by atoms with Gasteiger partial charge in [0.05, 0.1) is 10.7 Å². The Morgan fingerprint density at radius 2 is 1.88 bits per heavy atom. The molecule has 0 saturated heterocycles. The lowest BCUT2D eigenvalue weighted by Gasteiger charge is -2.07. The van der Waals surface area contributed by atoms with Crippen LogP contribution in [0, 0.1) is 0 Å². The highest BCUT2D eigenvalue weighted by Gasteiger charge is 2.15. The summed E-state index contributed by atoms with van der Waals surface area (Å²) in [4.78, 5) is 6.28. The van der Waals surface area contributed by atoms with Gasteiger partial charge < -0.3 is 5.32 Å². The van der Waals surface area contributed by atoms with Crippen LogP contribution in [0.15, 0.2) is 0 Å². The summed E-state index contributed by atoms with van der Waals surface area (Å²) in [5.41, 5.74) is 1.31. The summed E-state index contributed by atoms with van der Waals surface area (Å²) in [5, 5.41) is 4.83.